The zero-order chi connectivity index (χ0) is 20.9. The van der Waals surface area contributed by atoms with Gasteiger partial charge in [0.05, 0.1) is 11.4 Å². The number of esters is 1. The van der Waals surface area contributed by atoms with Gasteiger partial charge in [-0.2, -0.15) is 0 Å². The highest BCUT2D eigenvalue weighted by molar-refractivity contribution is 6.00. The highest BCUT2D eigenvalue weighted by atomic mass is 16.7. The second kappa shape index (κ2) is 6.67. The second-order valence-corrected chi connectivity index (χ2v) is 7.32. The number of hydrogen-bond acceptors (Lipinski definition) is 5. The molecule has 2 aliphatic heterocycles. The zero-order valence-corrected chi connectivity index (χ0v) is 16.6. The Balaban J connectivity index is 1.67. The summed E-state index contributed by atoms with van der Waals surface area (Å²) in [6, 6.07) is 21.5. The van der Waals surface area contributed by atoms with E-state index in [0.29, 0.717) is 34.5 Å². The van der Waals surface area contributed by atoms with Gasteiger partial charge in [-0.25, -0.2) is 0 Å². The lowest BCUT2D eigenvalue weighted by molar-refractivity contribution is -0.134. The van der Waals surface area contributed by atoms with Crippen LogP contribution in [0, 0.1) is 0 Å². The van der Waals surface area contributed by atoms with Gasteiger partial charge in [-0.15, -0.1) is 0 Å². The van der Waals surface area contributed by atoms with Crippen LogP contribution in [0.1, 0.15) is 18.2 Å². The van der Waals surface area contributed by atoms with Crippen molar-refractivity contribution in [3.8, 4) is 22.9 Å². The normalized spacial score (nSPS) is 14.0. The van der Waals surface area contributed by atoms with E-state index in [1.165, 1.54) is 6.92 Å². The van der Waals surface area contributed by atoms with Crippen molar-refractivity contribution in [3.63, 3.8) is 0 Å². The minimum absolute atomic E-state index is 0.168. The van der Waals surface area contributed by atoms with Gasteiger partial charge in [-0.05, 0) is 22.9 Å². The average molecular weight is 411 g/mol. The maximum absolute atomic E-state index is 12.1. The molecule has 152 valence electrons. The fourth-order valence-electron chi connectivity index (χ4n) is 4.07. The molecule has 4 aromatic rings. The third-order valence-corrected chi connectivity index (χ3v) is 5.39. The molecule has 0 spiro atoms. The minimum atomic E-state index is -0.427. The quantitative estimate of drug-likeness (QED) is 0.428. The van der Waals surface area contributed by atoms with Crippen molar-refractivity contribution in [2.24, 2.45) is 0 Å². The standard InChI is InChI=1S/C25H17NO5/c1-15(27)30-25-19-10-5-11-26(19)20-12-22-23(29-14-28-22)13-21(20)31-24(25)18-9-4-7-16-6-2-3-8-17(16)18/h2-13H,14H2,1H3. The minimum Gasteiger partial charge on any atom is -0.454 e. The number of fused-ring (bicyclic) bond motifs is 5. The van der Waals surface area contributed by atoms with E-state index in [0.717, 1.165) is 22.0 Å². The van der Waals surface area contributed by atoms with Crippen LogP contribution in [0.15, 0.2) is 72.9 Å². The first kappa shape index (κ1) is 17.7. The molecule has 1 aromatic heterocycles. The molecule has 6 nitrogen and oxygen atoms in total. The van der Waals surface area contributed by atoms with Crippen LogP contribution in [0.5, 0.6) is 17.2 Å². The maximum Gasteiger partial charge on any atom is 0.308 e. The Morgan fingerprint density at radius 3 is 2.61 bits per heavy atom. The zero-order valence-electron chi connectivity index (χ0n) is 16.6. The SMILES string of the molecule is CC(=O)OC1=C(c2cccc3ccccc23)Oc2cc3c(cc2-n2cccc21)OCO3. The molecule has 0 aliphatic carbocycles. The summed E-state index contributed by atoms with van der Waals surface area (Å²) in [7, 11) is 0. The summed E-state index contributed by atoms with van der Waals surface area (Å²) in [6.07, 6.45) is 1.90. The van der Waals surface area contributed by atoms with Gasteiger partial charge in [0.1, 0.15) is 0 Å². The van der Waals surface area contributed by atoms with E-state index in [2.05, 4.69) is 0 Å². The number of rotatable bonds is 2. The number of hydrogen-bond donors (Lipinski definition) is 0. The van der Waals surface area contributed by atoms with E-state index in [4.69, 9.17) is 18.9 Å². The average Bonchev–Trinajstić information content (AvgIpc) is 3.42. The molecule has 0 saturated carbocycles. The Bertz CT molecular complexity index is 1390. The molecule has 0 atom stereocenters. The van der Waals surface area contributed by atoms with Crippen molar-refractivity contribution in [1.82, 2.24) is 4.57 Å². The summed E-state index contributed by atoms with van der Waals surface area (Å²) in [6.45, 7) is 1.55. The van der Waals surface area contributed by atoms with Crippen molar-refractivity contribution in [1.29, 1.82) is 0 Å². The fourth-order valence-corrected chi connectivity index (χ4v) is 4.07. The van der Waals surface area contributed by atoms with Crippen LogP contribution in [-0.2, 0) is 9.53 Å². The van der Waals surface area contributed by atoms with Crippen LogP contribution in [0.3, 0.4) is 0 Å². The van der Waals surface area contributed by atoms with E-state index >= 15 is 0 Å². The Labute approximate surface area is 177 Å². The first-order chi connectivity index (χ1) is 15.2. The Morgan fingerprint density at radius 1 is 0.935 bits per heavy atom. The predicted molar refractivity (Wildman–Crippen MR) is 115 cm³/mol. The summed E-state index contributed by atoms with van der Waals surface area (Å²) >= 11 is 0. The van der Waals surface area contributed by atoms with Crippen LogP contribution in [0.25, 0.3) is 28.0 Å². The fraction of sp³-hybridized carbons (Fsp3) is 0.0800. The number of benzene rings is 3. The van der Waals surface area contributed by atoms with Gasteiger partial charge in [-0.1, -0.05) is 42.5 Å². The first-order valence-corrected chi connectivity index (χ1v) is 9.89. The molecular weight excluding hydrogens is 394 g/mol. The van der Waals surface area contributed by atoms with Gasteiger partial charge in [0.15, 0.2) is 28.8 Å². The molecule has 0 fully saturated rings. The lowest BCUT2D eigenvalue weighted by Gasteiger charge is -2.15. The molecule has 31 heavy (non-hydrogen) atoms. The first-order valence-electron chi connectivity index (χ1n) is 9.89. The topological polar surface area (TPSA) is 58.9 Å². The summed E-state index contributed by atoms with van der Waals surface area (Å²) in [5.74, 6) is 2.22. The number of carbonyl (C=O) groups is 1. The lowest BCUT2D eigenvalue weighted by atomic mass is 10.0. The van der Waals surface area contributed by atoms with Gasteiger partial charge < -0.3 is 23.5 Å². The molecule has 3 heterocycles. The van der Waals surface area contributed by atoms with Gasteiger partial charge >= 0.3 is 5.97 Å². The van der Waals surface area contributed by atoms with E-state index in [1.807, 2.05) is 77.5 Å². The summed E-state index contributed by atoms with van der Waals surface area (Å²) in [4.78, 5) is 12.1. The van der Waals surface area contributed by atoms with Gasteiger partial charge in [0, 0.05) is 30.8 Å². The molecular formula is C25H17NO5. The summed E-state index contributed by atoms with van der Waals surface area (Å²) in [5.41, 5.74) is 2.30. The largest absolute Gasteiger partial charge is 0.454 e. The van der Waals surface area contributed by atoms with Crippen molar-refractivity contribution >= 4 is 28.3 Å². The third-order valence-electron chi connectivity index (χ3n) is 5.39. The summed E-state index contributed by atoms with van der Waals surface area (Å²) < 4.78 is 25.3. The number of ether oxygens (including phenoxy) is 4. The maximum atomic E-state index is 12.1. The van der Waals surface area contributed by atoms with Crippen LogP contribution in [0.4, 0.5) is 0 Å². The Kier molecular flexibility index (Phi) is 3.80. The summed E-state index contributed by atoms with van der Waals surface area (Å²) in [5, 5.41) is 2.05. The van der Waals surface area contributed by atoms with Crippen LogP contribution in [-0.4, -0.2) is 17.3 Å². The monoisotopic (exact) mass is 411 g/mol. The van der Waals surface area contributed by atoms with Crippen molar-refractivity contribution in [2.75, 3.05) is 6.79 Å². The van der Waals surface area contributed by atoms with Crippen LogP contribution in [0.2, 0.25) is 0 Å². The molecule has 6 rings (SSSR count). The smallest absolute Gasteiger partial charge is 0.308 e. The molecule has 0 bridgehead atoms. The molecule has 0 saturated heterocycles. The molecule has 3 aromatic carbocycles. The molecule has 0 amide bonds. The van der Waals surface area contributed by atoms with E-state index in [9.17, 15) is 4.79 Å². The van der Waals surface area contributed by atoms with Gasteiger partial charge in [-0.3, -0.25) is 4.79 Å². The van der Waals surface area contributed by atoms with E-state index in [-0.39, 0.29) is 6.79 Å². The van der Waals surface area contributed by atoms with Gasteiger partial charge in [0.25, 0.3) is 0 Å². The van der Waals surface area contributed by atoms with Crippen LogP contribution >= 0.6 is 0 Å². The number of aromatic nitrogens is 1. The van der Waals surface area contributed by atoms with Crippen molar-refractivity contribution in [2.45, 2.75) is 6.92 Å². The lowest BCUT2D eigenvalue weighted by Crippen LogP contribution is -2.06. The Morgan fingerprint density at radius 2 is 1.74 bits per heavy atom. The number of nitrogens with zero attached hydrogens (tertiary/aromatic N) is 1. The Hall–Kier alpha value is -4.19. The predicted octanol–water partition coefficient (Wildman–Crippen LogP) is 5.14. The van der Waals surface area contributed by atoms with Crippen molar-refractivity contribution < 1.29 is 23.7 Å². The molecule has 0 radical (unpaired) electrons. The third kappa shape index (κ3) is 2.76. The van der Waals surface area contributed by atoms with Crippen LogP contribution < -0.4 is 14.2 Å². The van der Waals surface area contributed by atoms with E-state index < -0.39 is 5.97 Å². The second-order valence-electron chi connectivity index (χ2n) is 7.32. The highest BCUT2D eigenvalue weighted by Crippen LogP contribution is 2.45. The van der Waals surface area contributed by atoms with Gasteiger partial charge in [0.2, 0.25) is 6.79 Å². The molecule has 2 aliphatic rings. The number of carbonyl (C=O) groups excluding carboxylic acids is 1. The highest BCUT2D eigenvalue weighted by Gasteiger charge is 2.29. The molecule has 6 heteroatoms. The van der Waals surface area contributed by atoms with E-state index in [1.54, 1.807) is 0 Å². The molecule has 0 N–H and O–H groups in total. The molecule has 0 unspecified atom stereocenters. The van der Waals surface area contributed by atoms with Crippen molar-refractivity contribution in [3.05, 3.63) is 84.2 Å².